The number of likely N-dealkylation sites (tertiary alicyclic amines) is 1. The van der Waals surface area contributed by atoms with Crippen LogP contribution in [0.25, 0.3) is 11.0 Å². The van der Waals surface area contributed by atoms with E-state index in [0.717, 1.165) is 5.56 Å². The molecule has 32 heavy (non-hydrogen) atoms. The van der Waals surface area contributed by atoms with Gasteiger partial charge in [0.2, 0.25) is 11.0 Å². The Morgan fingerprint density at radius 1 is 1.34 bits per heavy atom. The first-order valence-electron chi connectivity index (χ1n) is 10.3. The number of thiophene rings is 1. The molecule has 1 aromatic carbocycles. The van der Waals surface area contributed by atoms with E-state index in [4.69, 9.17) is 0 Å². The van der Waals surface area contributed by atoms with Gasteiger partial charge in [-0.2, -0.15) is 11.3 Å². The van der Waals surface area contributed by atoms with Gasteiger partial charge in [0.25, 0.3) is 11.8 Å². The smallest absolute Gasteiger partial charge is 0.325 e. The molecule has 4 heterocycles. The number of amides is 4. The minimum absolute atomic E-state index is 0.0760. The van der Waals surface area contributed by atoms with E-state index in [2.05, 4.69) is 15.1 Å². The molecule has 10 nitrogen and oxygen atoms in total. The molecule has 0 bridgehead atoms. The van der Waals surface area contributed by atoms with Crippen LogP contribution in [0.2, 0.25) is 0 Å². The largest absolute Gasteiger partial charge is 0.359 e. The van der Waals surface area contributed by atoms with Gasteiger partial charge < -0.3 is 15.4 Å². The number of fused-ring (bicyclic) bond motifs is 1. The van der Waals surface area contributed by atoms with E-state index in [1.54, 1.807) is 17.9 Å². The van der Waals surface area contributed by atoms with E-state index in [1.165, 1.54) is 28.4 Å². The van der Waals surface area contributed by atoms with E-state index < -0.39 is 5.54 Å². The molecule has 1 atom stereocenters. The highest BCUT2D eigenvalue weighted by Crippen LogP contribution is 2.34. The molecule has 2 aliphatic heterocycles. The Kier molecular flexibility index (Phi) is 4.85. The molecule has 0 radical (unpaired) electrons. The molecule has 5 rings (SSSR count). The molecule has 3 aromatic rings. The first kappa shape index (κ1) is 20.4. The number of piperidine rings is 1. The molecule has 2 fully saturated rings. The number of urea groups is 1. The molecule has 0 spiro atoms. The van der Waals surface area contributed by atoms with Crippen LogP contribution in [0.5, 0.6) is 0 Å². The highest BCUT2D eigenvalue weighted by atomic mass is 32.1. The van der Waals surface area contributed by atoms with Crippen LogP contribution >= 0.6 is 11.3 Å². The van der Waals surface area contributed by atoms with Gasteiger partial charge in [0, 0.05) is 29.9 Å². The number of rotatable bonds is 4. The molecule has 0 saturated carbocycles. The number of benzene rings is 1. The van der Waals surface area contributed by atoms with Crippen molar-refractivity contribution in [1.82, 2.24) is 20.3 Å². The van der Waals surface area contributed by atoms with Crippen LogP contribution in [0.1, 0.15) is 35.7 Å². The van der Waals surface area contributed by atoms with E-state index in [9.17, 15) is 19.6 Å². The van der Waals surface area contributed by atoms with Crippen LogP contribution < -0.4 is 10.2 Å². The van der Waals surface area contributed by atoms with Crippen LogP contribution in [0, 0.1) is 11.1 Å². The molecule has 11 heteroatoms. The number of hydrogen-bond donors (Lipinski definition) is 1. The Labute approximate surface area is 186 Å². The summed E-state index contributed by atoms with van der Waals surface area (Å²) in [6, 6.07) is 6.14. The highest BCUT2D eigenvalue weighted by molar-refractivity contribution is 7.07. The Morgan fingerprint density at radius 3 is 2.84 bits per heavy atom. The van der Waals surface area contributed by atoms with Crippen LogP contribution in [-0.4, -0.2) is 51.4 Å². The Bertz CT molecular complexity index is 1200. The summed E-state index contributed by atoms with van der Waals surface area (Å²) >= 11 is 1.52. The van der Waals surface area contributed by atoms with Crippen LogP contribution in [0.3, 0.4) is 0 Å². The summed E-state index contributed by atoms with van der Waals surface area (Å²) < 4.78 is 4.55. The quantitative estimate of drug-likeness (QED) is 0.473. The lowest BCUT2D eigenvalue weighted by molar-refractivity contribution is -0.782. The number of nitrogens with one attached hydrogen (secondary N) is 1. The lowest BCUT2D eigenvalue weighted by Crippen LogP contribution is -2.54. The molecule has 1 N–H and O–H groups in total. The average molecular weight is 455 g/mol. The number of aromatic nitrogens is 2. The zero-order chi connectivity index (χ0) is 22.5. The van der Waals surface area contributed by atoms with Crippen molar-refractivity contribution >= 4 is 40.2 Å². The number of hydrogen-bond acceptors (Lipinski definition) is 7. The zero-order valence-corrected chi connectivity index (χ0v) is 18.1. The third kappa shape index (κ3) is 3.29. The summed E-state index contributed by atoms with van der Waals surface area (Å²) in [7, 11) is 0. The van der Waals surface area contributed by atoms with Crippen molar-refractivity contribution in [3.63, 3.8) is 0 Å². The predicted molar refractivity (Wildman–Crippen MR) is 113 cm³/mol. The van der Waals surface area contributed by atoms with E-state index >= 15 is 0 Å². The molecule has 2 aliphatic rings. The second-order valence-electron chi connectivity index (χ2n) is 8.36. The number of carbonyl (C=O) groups excluding carboxylic acids is 3. The van der Waals surface area contributed by atoms with Gasteiger partial charge in [0.1, 0.15) is 5.54 Å². The molecule has 0 aliphatic carbocycles. The molecular formula is C21H21N5O5S. The maximum atomic E-state index is 13.1. The number of imide groups is 1. The lowest BCUT2D eigenvalue weighted by atomic mass is 9.78. The summed E-state index contributed by atoms with van der Waals surface area (Å²) in [5.74, 6) is -0.467. The molecule has 4 amide bonds. The predicted octanol–water partition coefficient (Wildman–Crippen LogP) is 1.89. The van der Waals surface area contributed by atoms with Crippen LogP contribution in [0.15, 0.2) is 39.7 Å². The SMILES string of the molecule is C[C@@]1(C2CCN(C(=O)c3ccc4c(c3)no[n+]4[O-])CC2)NC(=O)N(Cc2ccsc2)C1=O. The highest BCUT2D eigenvalue weighted by Gasteiger charge is 2.52. The van der Waals surface area contributed by atoms with Gasteiger partial charge in [0.15, 0.2) is 0 Å². The van der Waals surface area contributed by atoms with E-state index in [0.29, 0.717) is 41.9 Å². The number of carbonyl (C=O) groups is 3. The maximum Gasteiger partial charge on any atom is 0.325 e. The minimum Gasteiger partial charge on any atom is -0.359 e. The third-order valence-electron chi connectivity index (χ3n) is 6.45. The van der Waals surface area contributed by atoms with Crippen molar-refractivity contribution in [2.75, 3.05) is 13.1 Å². The molecule has 0 unspecified atom stereocenters. The second kappa shape index (κ2) is 7.59. The van der Waals surface area contributed by atoms with Gasteiger partial charge in [-0.1, -0.05) is 0 Å². The van der Waals surface area contributed by atoms with Gasteiger partial charge in [-0.3, -0.25) is 19.1 Å². The Balaban J connectivity index is 1.26. The summed E-state index contributed by atoms with van der Waals surface area (Å²) in [4.78, 5) is 41.9. The van der Waals surface area contributed by atoms with Crippen LogP contribution in [0.4, 0.5) is 4.79 Å². The van der Waals surface area contributed by atoms with Crippen molar-refractivity contribution in [2.45, 2.75) is 31.8 Å². The fraction of sp³-hybridized carbons (Fsp3) is 0.381. The van der Waals surface area contributed by atoms with Gasteiger partial charge in [-0.05, 0) is 65.1 Å². The molecular weight excluding hydrogens is 434 g/mol. The van der Waals surface area contributed by atoms with Crippen molar-refractivity contribution in [3.8, 4) is 0 Å². The summed E-state index contributed by atoms with van der Waals surface area (Å²) in [5, 5.41) is 21.8. The van der Waals surface area contributed by atoms with Gasteiger partial charge in [-0.25, -0.2) is 4.79 Å². The van der Waals surface area contributed by atoms with Gasteiger partial charge in [-0.15, -0.1) is 0 Å². The first-order chi connectivity index (χ1) is 15.4. The maximum absolute atomic E-state index is 13.1. The Hall–Kier alpha value is -3.47. The number of nitrogens with zero attached hydrogens (tertiary/aromatic N) is 4. The standard InChI is InChI=1S/C21H21N5O5S/c1-21(19(28)25(20(29)22-21)11-13-6-9-32-12-13)15-4-7-24(8-5-15)18(27)14-2-3-17-16(10-14)23-31-26(17)30/h2-3,6,9-10,12,15H,4-5,7-8,11H2,1H3,(H,22,29)/t21-/m0/s1. The first-order valence-corrected chi connectivity index (χ1v) is 11.2. The Morgan fingerprint density at radius 2 is 2.12 bits per heavy atom. The second-order valence-corrected chi connectivity index (χ2v) is 9.14. The van der Waals surface area contributed by atoms with Crippen molar-refractivity contribution < 1.29 is 23.9 Å². The fourth-order valence-electron chi connectivity index (χ4n) is 4.55. The summed E-state index contributed by atoms with van der Waals surface area (Å²) in [5.41, 5.74) is 0.941. The van der Waals surface area contributed by atoms with Crippen molar-refractivity contribution in [2.24, 2.45) is 5.92 Å². The van der Waals surface area contributed by atoms with Crippen LogP contribution in [-0.2, 0) is 11.3 Å². The van der Waals surface area contributed by atoms with Crippen molar-refractivity contribution in [3.05, 3.63) is 51.4 Å². The monoisotopic (exact) mass is 455 g/mol. The van der Waals surface area contributed by atoms with E-state index in [-0.39, 0.29) is 35.8 Å². The summed E-state index contributed by atoms with van der Waals surface area (Å²) in [6.07, 6.45) is 1.18. The average Bonchev–Trinajstić information content (AvgIpc) is 3.50. The van der Waals surface area contributed by atoms with Gasteiger partial charge >= 0.3 is 6.03 Å². The molecule has 166 valence electrons. The third-order valence-corrected chi connectivity index (χ3v) is 7.19. The topological polar surface area (TPSA) is 123 Å². The molecule has 2 aromatic heterocycles. The lowest BCUT2D eigenvalue weighted by Gasteiger charge is -2.38. The summed E-state index contributed by atoms with van der Waals surface area (Å²) in [6.45, 7) is 2.96. The normalized spacial score (nSPS) is 22.0. The zero-order valence-electron chi connectivity index (χ0n) is 17.3. The molecule has 2 saturated heterocycles. The van der Waals surface area contributed by atoms with Crippen molar-refractivity contribution in [1.29, 1.82) is 0 Å². The van der Waals surface area contributed by atoms with Gasteiger partial charge in [0.05, 0.1) is 6.54 Å². The van der Waals surface area contributed by atoms with E-state index in [1.807, 2.05) is 16.8 Å². The fourth-order valence-corrected chi connectivity index (χ4v) is 5.21. The minimum atomic E-state index is -0.983.